The van der Waals surface area contributed by atoms with Crippen LogP contribution in [0.3, 0.4) is 0 Å². The number of hydrogen-bond acceptors (Lipinski definition) is 5. The first-order chi connectivity index (χ1) is 9.37. The second-order valence-electron chi connectivity index (χ2n) is 6.10. The van der Waals surface area contributed by atoms with Gasteiger partial charge in [0.15, 0.2) is 0 Å². The Hall–Kier alpha value is -0.650. The summed E-state index contributed by atoms with van der Waals surface area (Å²) >= 11 is 0. The first-order valence-corrected chi connectivity index (χ1v) is 7.63. The highest BCUT2D eigenvalue weighted by molar-refractivity contribution is 5.80. The van der Waals surface area contributed by atoms with Crippen LogP contribution in [-0.2, 0) is 9.53 Å². The van der Waals surface area contributed by atoms with Gasteiger partial charge in [-0.25, -0.2) is 0 Å². The molecule has 0 amide bonds. The van der Waals surface area contributed by atoms with Gasteiger partial charge in [-0.1, -0.05) is 6.92 Å². The number of carbonyl (C=O) groups excluding carboxylic acids is 1. The van der Waals surface area contributed by atoms with Gasteiger partial charge in [0.05, 0.1) is 7.11 Å². The SMILES string of the molecule is CCN1CCN(C(C)CC(C)(NC)C(=O)OC)CC1C. The smallest absolute Gasteiger partial charge is 0.325 e. The molecule has 0 aromatic rings. The molecule has 5 nitrogen and oxygen atoms in total. The van der Waals surface area contributed by atoms with Crippen LogP contribution in [0.1, 0.15) is 34.1 Å². The highest BCUT2D eigenvalue weighted by Crippen LogP contribution is 2.20. The summed E-state index contributed by atoms with van der Waals surface area (Å²) in [5.41, 5.74) is -0.612. The summed E-state index contributed by atoms with van der Waals surface area (Å²) in [5.74, 6) is -0.188. The number of methoxy groups -OCH3 is 1. The quantitative estimate of drug-likeness (QED) is 0.736. The third kappa shape index (κ3) is 3.93. The normalized spacial score (nSPS) is 26.0. The lowest BCUT2D eigenvalue weighted by Gasteiger charge is -2.43. The van der Waals surface area contributed by atoms with Crippen molar-refractivity contribution in [3.05, 3.63) is 0 Å². The maximum Gasteiger partial charge on any atom is 0.325 e. The van der Waals surface area contributed by atoms with Crippen LogP contribution < -0.4 is 5.32 Å². The zero-order valence-corrected chi connectivity index (χ0v) is 13.9. The van der Waals surface area contributed by atoms with E-state index >= 15 is 0 Å². The molecule has 0 aromatic carbocycles. The zero-order chi connectivity index (χ0) is 15.3. The molecule has 1 rings (SSSR count). The molecule has 3 atom stereocenters. The number of ether oxygens (including phenoxy) is 1. The fourth-order valence-corrected chi connectivity index (χ4v) is 3.13. The van der Waals surface area contributed by atoms with Crippen molar-refractivity contribution >= 4 is 5.97 Å². The van der Waals surface area contributed by atoms with Gasteiger partial charge in [0.2, 0.25) is 0 Å². The van der Waals surface area contributed by atoms with Crippen molar-refractivity contribution in [1.82, 2.24) is 15.1 Å². The standard InChI is InChI=1S/C15H31N3O2/c1-7-17-8-9-18(11-13(17)3)12(2)10-15(4,16-5)14(19)20-6/h12-13,16H,7-11H2,1-6H3. The van der Waals surface area contributed by atoms with Crippen LogP contribution in [0.2, 0.25) is 0 Å². The summed E-state index contributed by atoms with van der Waals surface area (Å²) in [6, 6.07) is 0.933. The van der Waals surface area contributed by atoms with E-state index in [1.165, 1.54) is 7.11 Å². The molecular weight excluding hydrogens is 254 g/mol. The molecule has 3 unspecified atom stereocenters. The molecule has 5 heteroatoms. The lowest BCUT2D eigenvalue weighted by molar-refractivity contribution is -0.148. The molecule has 1 heterocycles. The molecular formula is C15H31N3O2. The van der Waals surface area contributed by atoms with Crippen LogP contribution in [0.15, 0.2) is 0 Å². The minimum absolute atomic E-state index is 0.188. The van der Waals surface area contributed by atoms with Crippen LogP contribution in [-0.4, -0.2) is 73.7 Å². The molecule has 0 aromatic heterocycles. The van der Waals surface area contributed by atoms with E-state index in [0.717, 1.165) is 32.6 Å². The first-order valence-electron chi connectivity index (χ1n) is 7.63. The number of nitrogens with one attached hydrogen (secondary N) is 1. The molecule has 1 fully saturated rings. The monoisotopic (exact) mass is 285 g/mol. The van der Waals surface area contributed by atoms with Gasteiger partial charge in [-0.05, 0) is 40.8 Å². The van der Waals surface area contributed by atoms with Crippen molar-refractivity contribution in [2.45, 2.75) is 51.7 Å². The van der Waals surface area contributed by atoms with E-state index in [1.807, 2.05) is 14.0 Å². The van der Waals surface area contributed by atoms with Crippen LogP contribution in [0.4, 0.5) is 0 Å². The van der Waals surface area contributed by atoms with E-state index in [0.29, 0.717) is 12.1 Å². The average molecular weight is 285 g/mol. The second-order valence-corrected chi connectivity index (χ2v) is 6.10. The Morgan fingerprint density at radius 1 is 1.50 bits per heavy atom. The Bertz CT molecular complexity index is 324. The van der Waals surface area contributed by atoms with Crippen LogP contribution in [0.5, 0.6) is 0 Å². The molecule has 1 aliphatic heterocycles. The largest absolute Gasteiger partial charge is 0.468 e. The summed E-state index contributed by atoms with van der Waals surface area (Å²) in [7, 11) is 3.27. The summed E-state index contributed by atoms with van der Waals surface area (Å²) in [4.78, 5) is 16.9. The molecule has 20 heavy (non-hydrogen) atoms. The number of hydrogen-bond donors (Lipinski definition) is 1. The number of likely N-dealkylation sites (N-methyl/N-ethyl adjacent to an activating group) is 2. The van der Waals surface area contributed by atoms with Crippen LogP contribution >= 0.6 is 0 Å². The summed E-state index contributed by atoms with van der Waals surface area (Å²) in [6.45, 7) is 13.0. The maximum atomic E-state index is 11.9. The molecule has 1 N–H and O–H groups in total. The Kier molecular flexibility index (Phi) is 6.43. The van der Waals surface area contributed by atoms with E-state index in [-0.39, 0.29) is 5.97 Å². The number of esters is 1. The Balaban J connectivity index is 2.62. The average Bonchev–Trinajstić information content (AvgIpc) is 2.45. The molecule has 1 aliphatic rings. The van der Waals surface area contributed by atoms with Crippen molar-refractivity contribution in [1.29, 1.82) is 0 Å². The maximum absolute atomic E-state index is 11.9. The van der Waals surface area contributed by atoms with E-state index < -0.39 is 5.54 Å². The molecule has 1 saturated heterocycles. The van der Waals surface area contributed by atoms with Crippen molar-refractivity contribution in [2.24, 2.45) is 0 Å². The molecule has 0 radical (unpaired) electrons. The van der Waals surface area contributed by atoms with Gasteiger partial charge in [-0.2, -0.15) is 0 Å². The lowest BCUT2D eigenvalue weighted by Crippen LogP contribution is -2.57. The summed E-state index contributed by atoms with van der Waals surface area (Å²) in [5, 5.41) is 3.12. The second kappa shape index (κ2) is 7.38. The molecule has 0 bridgehead atoms. The minimum Gasteiger partial charge on any atom is -0.468 e. The zero-order valence-electron chi connectivity index (χ0n) is 13.9. The topological polar surface area (TPSA) is 44.8 Å². The predicted octanol–water partition coefficient (Wildman–Crippen LogP) is 0.942. The van der Waals surface area contributed by atoms with Crippen molar-refractivity contribution in [3.8, 4) is 0 Å². The fourth-order valence-electron chi connectivity index (χ4n) is 3.13. The first kappa shape index (κ1) is 17.4. The van der Waals surface area contributed by atoms with Gasteiger partial charge in [-0.3, -0.25) is 14.6 Å². The Labute approximate surface area is 123 Å². The van der Waals surface area contributed by atoms with Crippen LogP contribution in [0, 0.1) is 0 Å². The molecule has 0 spiro atoms. The van der Waals surface area contributed by atoms with Gasteiger partial charge in [0.1, 0.15) is 5.54 Å². The van der Waals surface area contributed by atoms with Crippen LogP contribution in [0.25, 0.3) is 0 Å². The van der Waals surface area contributed by atoms with E-state index in [2.05, 4.69) is 35.9 Å². The van der Waals surface area contributed by atoms with Crippen molar-refractivity contribution < 1.29 is 9.53 Å². The molecule has 0 saturated carbocycles. The number of nitrogens with zero attached hydrogens (tertiary/aromatic N) is 2. The predicted molar refractivity (Wildman–Crippen MR) is 81.8 cm³/mol. The highest BCUT2D eigenvalue weighted by Gasteiger charge is 2.36. The van der Waals surface area contributed by atoms with E-state index in [9.17, 15) is 4.79 Å². The molecule has 118 valence electrons. The van der Waals surface area contributed by atoms with Gasteiger partial charge >= 0.3 is 5.97 Å². The van der Waals surface area contributed by atoms with Crippen molar-refractivity contribution in [2.75, 3.05) is 40.3 Å². The Morgan fingerprint density at radius 2 is 2.15 bits per heavy atom. The number of rotatable bonds is 6. The van der Waals surface area contributed by atoms with Gasteiger partial charge in [-0.15, -0.1) is 0 Å². The number of piperazine rings is 1. The fraction of sp³-hybridized carbons (Fsp3) is 0.933. The lowest BCUT2D eigenvalue weighted by atomic mass is 9.92. The summed E-state index contributed by atoms with van der Waals surface area (Å²) < 4.78 is 4.92. The van der Waals surface area contributed by atoms with Gasteiger partial charge in [0.25, 0.3) is 0 Å². The van der Waals surface area contributed by atoms with Gasteiger partial charge in [0, 0.05) is 31.7 Å². The third-order valence-corrected chi connectivity index (χ3v) is 4.72. The third-order valence-electron chi connectivity index (χ3n) is 4.72. The minimum atomic E-state index is -0.612. The summed E-state index contributed by atoms with van der Waals surface area (Å²) in [6.07, 6.45) is 0.759. The van der Waals surface area contributed by atoms with Gasteiger partial charge < -0.3 is 10.1 Å². The van der Waals surface area contributed by atoms with E-state index in [4.69, 9.17) is 4.74 Å². The van der Waals surface area contributed by atoms with Crippen molar-refractivity contribution in [3.63, 3.8) is 0 Å². The highest BCUT2D eigenvalue weighted by atomic mass is 16.5. The molecule has 0 aliphatic carbocycles. The van der Waals surface area contributed by atoms with E-state index in [1.54, 1.807) is 0 Å². The number of carbonyl (C=O) groups is 1. The Morgan fingerprint density at radius 3 is 2.60 bits per heavy atom.